The molecule has 15 heavy (non-hydrogen) atoms. The lowest BCUT2D eigenvalue weighted by Crippen LogP contribution is -2.43. The first-order chi connectivity index (χ1) is 7.09. The van der Waals surface area contributed by atoms with Crippen LogP contribution < -0.4 is 10.6 Å². The molecule has 0 spiro atoms. The molecule has 0 saturated carbocycles. The van der Waals surface area contributed by atoms with Gasteiger partial charge in [0.05, 0.1) is 6.54 Å². The molecule has 7 heteroatoms. The minimum absolute atomic E-state index is 0.148. The van der Waals surface area contributed by atoms with Crippen molar-refractivity contribution in [2.45, 2.75) is 13.0 Å². The maximum Gasteiger partial charge on any atom is 0.302 e. The monoisotopic (exact) mass is 232 g/mol. The lowest BCUT2D eigenvalue weighted by Gasteiger charge is -2.09. The van der Waals surface area contributed by atoms with E-state index in [1.165, 1.54) is 6.92 Å². The summed E-state index contributed by atoms with van der Waals surface area (Å²) in [6.45, 7) is 1.71. The molecular weight excluding hydrogens is 220 g/mol. The van der Waals surface area contributed by atoms with Crippen LogP contribution in [0.4, 0.5) is 4.79 Å². The third-order valence-corrected chi connectivity index (χ3v) is 2.58. The predicted octanol–water partition coefficient (Wildman–Crippen LogP) is -0.509. The van der Waals surface area contributed by atoms with Gasteiger partial charge in [-0.2, -0.15) is 0 Å². The largest absolute Gasteiger partial charge is 0.464 e. The van der Waals surface area contributed by atoms with Crippen LogP contribution in [-0.4, -0.2) is 42.1 Å². The predicted molar refractivity (Wildman–Crippen MR) is 54.4 cm³/mol. The van der Waals surface area contributed by atoms with Crippen molar-refractivity contribution in [1.29, 1.82) is 0 Å². The molecule has 2 N–H and O–H groups in total. The van der Waals surface area contributed by atoms with E-state index in [0.29, 0.717) is 5.75 Å². The van der Waals surface area contributed by atoms with Crippen molar-refractivity contribution >= 4 is 28.9 Å². The molecule has 1 rings (SSSR count). The Hall–Kier alpha value is -1.24. The van der Waals surface area contributed by atoms with E-state index in [1.54, 1.807) is 0 Å². The third-order valence-electron chi connectivity index (χ3n) is 1.70. The summed E-state index contributed by atoms with van der Waals surface area (Å²) in [5.41, 5.74) is 0. The van der Waals surface area contributed by atoms with Gasteiger partial charge >= 0.3 is 5.97 Å². The van der Waals surface area contributed by atoms with Gasteiger partial charge in [-0.1, -0.05) is 11.8 Å². The van der Waals surface area contributed by atoms with Crippen LogP contribution in [0.1, 0.15) is 6.92 Å². The highest BCUT2D eigenvalue weighted by Crippen LogP contribution is 2.12. The summed E-state index contributed by atoms with van der Waals surface area (Å²) in [6.07, 6.45) is 0. The Balaban J connectivity index is 2.13. The van der Waals surface area contributed by atoms with Gasteiger partial charge in [0.2, 0.25) is 5.91 Å². The van der Waals surface area contributed by atoms with E-state index in [2.05, 4.69) is 15.4 Å². The Morgan fingerprint density at radius 3 is 2.93 bits per heavy atom. The lowest BCUT2D eigenvalue weighted by atomic mass is 10.3. The van der Waals surface area contributed by atoms with Crippen LogP contribution in [0.2, 0.25) is 0 Å². The minimum Gasteiger partial charge on any atom is -0.464 e. The molecular formula is C8H12N2O4S. The summed E-state index contributed by atoms with van der Waals surface area (Å²) in [6, 6.07) is -0.472. The number of amides is 2. The Morgan fingerprint density at radius 2 is 2.40 bits per heavy atom. The number of hydrogen-bond acceptors (Lipinski definition) is 5. The van der Waals surface area contributed by atoms with Gasteiger partial charge in [0, 0.05) is 12.7 Å². The maximum absolute atomic E-state index is 11.4. The number of carbonyl (C=O) groups excluding carboxylic acids is 3. The summed E-state index contributed by atoms with van der Waals surface area (Å²) in [5, 5.41) is 4.88. The fraction of sp³-hybridized carbons (Fsp3) is 0.625. The Morgan fingerprint density at radius 1 is 1.67 bits per heavy atom. The van der Waals surface area contributed by atoms with Crippen molar-refractivity contribution in [3.8, 4) is 0 Å². The lowest BCUT2D eigenvalue weighted by molar-refractivity contribution is -0.141. The first kappa shape index (κ1) is 11.8. The van der Waals surface area contributed by atoms with Crippen LogP contribution in [0.5, 0.6) is 0 Å². The van der Waals surface area contributed by atoms with Gasteiger partial charge in [0.15, 0.2) is 0 Å². The SMILES string of the molecule is CC(=O)OCCNC(=O)[C@@H]1CSC(=O)N1. The molecule has 2 amide bonds. The summed E-state index contributed by atoms with van der Waals surface area (Å²) < 4.78 is 4.63. The van der Waals surface area contributed by atoms with E-state index in [0.717, 1.165) is 11.8 Å². The van der Waals surface area contributed by atoms with E-state index in [-0.39, 0.29) is 30.3 Å². The van der Waals surface area contributed by atoms with Gasteiger partial charge in [-0.3, -0.25) is 14.4 Å². The van der Waals surface area contributed by atoms with Crippen LogP contribution in [0, 0.1) is 0 Å². The molecule has 1 saturated heterocycles. The van der Waals surface area contributed by atoms with Gasteiger partial charge in [0.1, 0.15) is 12.6 Å². The number of hydrogen-bond donors (Lipinski definition) is 2. The van der Waals surface area contributed by atoms with Crippen molar-refractivity contribution in [2.24, 2.45) is 0 Å². The minimum atomic E-state index is -0.472. The molecule has 0 unspecified atom stereocenters. The van der Waals surface area contributed by atoms with Crippen LogP contribution >= 0.6 is 11.8 Å². The molecule has 1 fully saturated rings. The van der Waals surface area contributed by atoms with Gasteiger partial charge in [-0.15, -0.1) is 0 Å². The molecule has 1 aliphatic heterocycles. The zero-order valence-electron chi connectivity index (χ0n) is 8.24. The highest BCUT2D eigenvalue weighted by atomic mass is 32.2. The van der Waals surface area contributed by atoms with E-state index in [4.69, 9.17) is 0 Å². The summed E-state index contributed by atoms with van der Waals surface area (Å²) >= 11 is 1.08. The highest BCUT2D eigenvalue weighted by Gasteiger charge is 2.27. The van der Waals surface area contributed by atoms with Crippen molar-refractivity contribution in [2.75, 3.05) is 18.9 Å². The van der Waals surface area contributed by atoms with E-state index >= 15 is 0 Å². The number of rotatable bonds is 4. The second-order valence-corrected chi connectivity index (χ2v) is 3.92. The van der Waals surface area contributed by atoms with Gasteiger partial charge in [-0.05, 0) is 0 Å². The van der Waals surface area contributed by atoms with Crippen molar-refractivity contribution in [1.82, 2.24) is 10.6 Å². The second-order valence-electron chi connectivity index (χ2n) is 2.93. The molecule has 0 bridgehead atoms. The van der Waals surface area contributed by atoms with Crippen molar-refractivity contribution < 1.29 is 19.1 Å². The van der Waals surface area contributed by atoms with Crippen LogP contribution in [-0.2, 0) is 14.3 Å². The number of ether oxygens (including phenoxy) is 1. The van der Waals surface area contributed by atoms with E-state index in [9.17, 15) is 14.4 Å². The second kappa shape index (κ2) is 5.59. The van der Waals surface area contributed by atoms with E-state index < -0.39 is 6.04 Å². The number of esters is 1. The maximum atomic E-state index is 11.4. The zero-order valence-corrected chi connectivity index (χ0v) is 9.06. The van der Waals surface area contributed by atoms with Gasteiger partial charge in [0.25, 0.3) is 5.24 Å². The average Bonchev–Trinajstić information content (AvgIpc) is 2.59. The fourth-order valence-electron chi connectivity index (χ4n) is 1.02. The molecule has 1 atom stereocenters. The molecule has 0 aromatic rings. The summed E-state index contributed by atoms with van der Waals surface area (Å²) in [5.74, 6) is -0.187. The normalized spacial score (nSPS) is 19.5. The van der Waals surface area contributed by atoms with E-state index in [1.807, 2.05) is 0 Å². The number of carbonyl (C=O) groups is 3. The Kier molecular flexibility index (Phi) is 4.41. The van der Waals surface area contributed by atoms with Crippen LogP contribution in [0.15, 0.2) is 0 Å². The first-order valence-electron chi connectivity index (χ1n) is 4.44. The number of thioether (sulfide) groups is 1. The van der Waals surface area contributed by atoms with Crippen molar-refractivity contribution in [3.63, 3.8) is 0 Å². The number of nitrogens with one attached hydrogen (secondary N) is 2. The van der Waals surface area contributed by atoms with Crippen LogP contribution in [0.25, 0.3) is 0 Å². The molecule has 0 aliphatic carbocycles. The standard InChI is InChI=1S/C8H12N2O4S/c1-5(11)14-3-2-9-7(12)6-4-15-8(13)10-6/h6H,2-4H2,1H3,(H,9,12)(H,10,13)/t6-/m0/s1. The molecule has 1 heterocycles. The van der Waals surface area contributed by atoms with Gasteiger partial charge in [-0.25, -0.2) is 0 Å². The Bertz CT molecular complexity index is 282. The zero-order chi connectivity index (χ0) is 11.3. The van der Waals surface area contributed by atoms with Gasteiger partial charge < -0.3 is 15.4 Å². The summed E-state index contributed by atoms with van der Waals surface area (Å²) in [7, 11) is 0. The molecule has 84 valence electrons. The molecule has 0 aromatic heterocycles. The summed E-state index contributed by atoms with van der Waals surface area (Å²) in [4.78, 5) is 32.5. The first-order valence-corrected chi connectivity index (χ1v) is 5.42. The highest BCUT2D eigenvalue weighted by molar-refractivity contribution is 8.14. The molecule has 1 aliphatic rings. The fourth-order valence-corrected chi connectivity index (χ4v) is 1.80. The molecule has 6 nitrogen and oxygen atoms in total. The molecule has 0 radical (unpaired) electrons. The van der Waals surface area contributed by atoms with Crippen molar-refractivity contribution in [3.05, 3.63) is 0 Å². The van der Waals surface area contributed by atoms with Crippen LogP contribution in [0.3, 0.4) is 0 Å². The molecule has 0 aromatic carbocycles. The third kappa shape index (κ3) is 4.20. The quantitative estimate of drug-likeness (QED) is 0.504. The smallest absolute Gasteiger partial charge is 0.302 e. The average molecular weight is 232 g/mol. The Labute approximate surface area is 91.1 Å². The topological polar surface area (TPSA) is 84.5 Å².